The molecule has 3 saturated carbocycles. The third kappa shape index (κ3) is 5.66. The van der Waals surface area contributed by atoms with Crippen LogP contribution in [0.4, 0.5) is 17.1 Å². The van der Waals surface area contributed by atoms with Gasteiger partial charge in [0.25, 0.3) is 11.4 Å². The Bertz CT molecular complexity index is 1250. The lowest BCUT2D eigenvalue weighted by Crippen LogP contribution is -2.50. The number of hydrogen-bond donors (Lipinski definition) is 3. The van der Waals surface area contributed by atoms with Crippen LogP contribution in [0.1, 0.15) is 85.0 Å². The maximum Gasteiger partial charge on any atom is 0.299 e. The van der Waals surface area contributed by atoms with Crippen LogP contribution in [-0.2, 0) is 4.79 Å². The summed E-state index contributed by atoms with van der Waals surface area (Å²) in [5, 5.41) is 38.4. The molecule has 0 heterocycles. The van der Waals surface area contributed by atoms with Crippen molar-refractivity contribution in [2.24, 2.45) is 40.4 Å². The van der Waals surface area contributed by atoms with Gasteiger partial charge >= 0.3 is 0 Å². The first-order valence-corrected chi connectivity index (χ1v) is 15.7. The number of carbonyl (C=O) groups excluding carboxylic acids is 1. The number of fused-ring (bicyclic) bond motifs is 5. The van der Waals surface area contributed by atoms with Crippen LogP contribution < -0.4 is 10.6 Å². The number of nitro benzene ring substituents is 2. The van der Waals surface area contributed by atoms with E-state index in [1.54, 1.807) is 0 Å². The number of nitrogens with zero attached hydrogens (tertiary/aromatic N) is 2. The monoisotopic (exact) mass is 582 g/mol. The maximum atomic E-state index is 12.7. The smallest absolute Gasteiger partial charge is 0.299 e. The first-order valence-electron chi connectivity index (χ1n) is 15.7. The van der Waals surface area contributed by atoms with Gasteiger partial charge < -0.3 is 15.7 Å². The molecule has 4 aliphatic rings. The fourth-order valence-corrected chi connectivity index (χ4v) is 9.60. The minimum absolute atomic E-state index is 0.0254. The molecule has 0 spiro atoms. The first-order chi connectivity index (χ1) is 19.9. The number of hydrogen-bond acceptors (Lipinski definition) is 7. The fraction of sp³-hybridized carbons (Fsp3) is 0.719. The van der Waals surface area contributed by atoms with Crippen LogP contribution in [-0.4, -0.2) is 40.1 Å². The van der Waals surface area contributed by atoms with Gasteiger partial charge in [0, 0.05) is 25.6 Å². The van der Waals surface area contributed by atoms with E-state index in [0.29, 0.717) is 30.2 Å². The highest BCUT2D eigenvalue weighted by atomic mass is 16.6. The summed E-state index contributed by atoms with van der Waals surface area (Å²) in [6, 6.07) is 3.48. The lowest BCUT2D eigenvalue weighted by molar-refractivity contribution is -0.393. The van der Waals surface area contributed by atoms with Crippen LogP contribution in [0.3, 0.4) is 0 Å². The molecule has 4 aliphatic carbocycles. The van der Waals surface area contributed by atoms with Crippen molar-refractivity contribution in [3.8, 4) is 0 Å². The van der Waals surface area contributed by atoms with Crippen LogP contribution in [0, 0.1) is 60.6 Å². The van der Waals surface area contributed by atoms with Crippen LogP contribution >= 0.6 is 0 Å². The van der Waals surface area contributed by atoms with Crippen LogP contribution in [0.5, 0.6) is 0 Å². The number of carbonyl (C=O) groups is 1. The third-order valence-corrected chi connectivity index (χ3v) is 11.8. The van der Waals surface area contributed by atoms with E-state index in [0.717, 1.165) is 55.9 Å². The number of aliphatic hydroxyl groups excluding tert-OH is 1. The minimum atomic E-state index is -0.665. The Hall–Kier alpha value is -3.01. The fourth-order valence-electron chi connectivity index (χ4n) is 9.60. The Morgan fingerprint density at radius 1 is 1.07 bits per heavy atom. The Morgan fingerprint density at radius 3 is 2.60 bits per heavy atom. The quantitative estimate of drug-likeness (QED) is 0.125. The van der Waals surface area contributed by atoms with Crippen molar-refractivity contribution < 1.29 is 19.7 Å². The summed E-state index contributed by atoms with van der Waals surface area (Å²) in [5.41, 5.74) is 1.57. The molecule has 230 valence electrons. The van der Waals surface area contributed by atoms with E-state index in [1.165, 1.54) is 43.4 Å². The Morgan fingerprint density at radius 2 is 1.86 bits per heavy atom. The number of nitro groups is 2. The predicted molar refractivity (Wildman–Crippen MR) is 161 cm³/mol. The van der Waals surface area contributed by atoms with E-state index in [2.05, 4.69) is 37.5 Å². The number of non-ortho nitro benzene ring substituents is 1. The van der Waals surface area contributed by atoms with Crippen LogP contribution in [0.25, 0.3) is 0 Å². The molecule has 0 radical (unpaired) electrons. The lowest BCUT2D eigenvalue weighted by Gasteiger charge is -2.58. The third-order valence-electron chi connectivity index (χ3n) is 11.8. The molecule has 2 unspecified atom stereocenters. The van der Waals surface area contributed by atoms with Gasteiger partial charge in [-0.05, 0) is 104 Å². The number of benzene rings is 1. The molecule has 0 aromatic heterocycles. The molecule has 1 aromatic rings. The normalized spacial score (nSPS) is 34.3. The molecule has 1 aromatic carbocycles. The second-order valence-corrected chi connectivity index (χ2v) is 13.9. The summed E-state index contributed by atoms with van der Waals surface area (Å²) in [4.78, 5) is 33.6. The van der Waals surface area contributed by atoms with Crippen molar-refractivity contribution in [3.05, 3.63) is 50.1 Å². The number of anilines is 1. The van der Waals surface area contributed by atoms with Gasteiger partial charge in [-0.15, -0.1) is 0 Å². The summed E-state index contributed by atoms with van der Waals surface area (Å²) < 4.78 is 0. The highest BCUT2D eigenvalue weighted by molar-refractivity contribution is 5.76. The van der Waals surface area contributed by atoms with Crippen molar-refractivity contribution >= 4 is 23.0 Å². The van der Waals surface area contributed by atoms with E-state index >= 15 is 0 Å². The standard InChI is InChI=1S/C32H46N4O6/c1-20(4-11-30(38)34-17-16-33-28-10-6-22(35(39)40)19-29(28)36(41)42)25-8-9-26-24-7-5-21-18-23(37)12-14-31(21,2)27(24)13-15-32(25,26)3/h5-6,10,19-20,23-27,33,37H,4,7-9,11-18H2,1-3H3,(H,34,38)/t20-,23?,24+,25?,26+,27+,31+,32-/m1/s1. The number of allylic oxidation sites excluding steroid dienone is 1. The topological polar surface area (TPSA) is 148 Å². The maximum absolute atomic E-state index is 12.7. The molecule has 10 heteroatoms. The molecule has 8 atom stereocenters. The average Bonchev–Trinajstić information content (AvgIpc) is 3.31. The largest absolute Gasteiger partial charge is 0.393 e. The van der Waals surface area contributed by atoms with Crippen LogP contribution in [0.15, 0.2) is 29.8 Å². The van der Waals surface area contributed by atoms with Crippen molar-refractivity contribution in [3.63, 3.8) is 0 Å². The van der Waals surface area contributed by atoms with E-state index in [-0.39, 0.29) is 41.0 Å². The summed E-state index contributed by atoms with van der Waals surface area (Å²) in [6.45, 7) is 7.89. The molecule has 5 rings (SSSR count). The van der Waals surface area contributed by atoms with Crippen molar-refractivity contribution in [2.75, 3.05) is 18.4 Å². The molecular formula is C32H46N4O6. The number of nitrogens with one attached hydrogen (secondary N) is 2. The van der Waals surface area contributed by atoms with E-state index < -0.39 is 9.85 Å². The van der Waals surface area contributed by atoms with Gasteiger partial charge in [0.05, 0.1) is 22.0 Å². The van der Waals surface area contributed by atoms with Gasteiger partial charge in [-0.1, -0.05) is 32.4 Å². The number of rotatable bonds is 10. The Labute approximate surface area is 248 Å². The second-order valence-electron chi connectivity index (χ2n) is 13.9. The lowest BCUT2D eigenvalue weighted by atomic mass is 9.47. The second kappa shape index (κ2) is 11.9. The van der Waals surface area contributed by atoms with Gasteiger partial charge in [0.2, 0.25) is 5.91 Å². The summed E-state index contributed by atoms with van der Waals surface area (Å²) in [7, 11) is 0. The van der Waals surface area contributed by atoms with E-state index in [1.807, 2.05) is 0 Å². The van der Waals surface area contributed by atoms with Gasteiger partial charge in [0.15, 0.2) is 0 Å². The molecule has 42 heavy (non-hydrogen) atoms. The van der Waals surface area contributed by atoms with E-state index in [4.69, 9.17) is 0 Å². The number of amides is 1. The minimum Gasteiger partial charge on any atom is -0.393 e. The average molecular weight is 583 g/mol. The Kier molecular flexibility index (Phi) is 8.65. The van der Waals surface area contributed by atoms with Gasteiger partial charge in [-0.2, -0.15) is 0 Å². The summed E-state index contributed by atoms with van der Waals surface area (Å²) in [5.74, 6) is 3.23. The zero-order valence-electron chi connectivity index (χ0n) is 25.1. The molecule has 0 saturated heterocycles. The van der Waals surface area contributed by atoms with E-state index in [9.17, 15) is 30.1 Å². The molecule has 1 amide bonds. The van der Waals surface area contributed by atoms with Crippen molar-refractivity contribution in [1.82, 2.24) is 5.32 Å². The van der Waals surface area contributed by atoms with Crippen molar-refractivity contribution in [2.45, 2.75) is 91.1 Å². The molecular weight excluding hydrogens is 536 g/mol. The highest BCUT2D eigenvalue weighted by Crippen LogP contribution is 2.67. The first kappa shape index (κ1) is 30.4. The summed E-state index contributed by atoms with van der Waals surface area (Å²) in [6.07, 6.45) is 12.7. The molecule has 3 N–H and O–H groups in total. The molecule has 0 aliphatic heterocycles. The highest BCUT2D eigenvalue weighted by Gasteiger charge is 2.59. The van der Waals surface area contributed by atoms with Gasteiger partial charge in [-0.25, -0.2) is 0 Å². The van der Waals surface area contributed by atoms with Gasteiger partial charge in [0.1, 0.15) is 5.69 Å². The Balaban J connectivity index is 1.10. The SMILES string of the molecule is C[C@H](CCC(=O)NCCNc1ccc([N+](=O)[O-])cc1[N+](=O)[O-])C1CC[C@H]2[C@@H]3CC=C4CC(O)CC[C@]4(C)[C@H]3CC[C@]12C. The van der Waals surface area contributed by atoms with Crippen LogP contribution in [0.2, 0.25) is 0 Å². The molecule has 3 fully saturated rings. The van der Waals surface area contributed by atoms with Gasteiger partial charge in [-0.3, -0.25) is 25.0 Å². The molecule has 10 nitrogen and oxygen atoms in total. The number of aliphatic hydroxyl groups is 1. The summed E-state index contributed by atoms with van der Waals surface area (Å²) >= 11 is 0. The van der Waals surface area contributed by atoms with Crippen molar-refractivity contribution in [1.29, 1.82) is 0 Å². The zero-order valence-corrected chi connectivity index (χ0v) is 25.1. The zero-order chi connectivity index (χ0) is 30.2. The molecule has 0 bridgehead atoms. The predicted octanol–water partition coefficient (Wildman–Crippen LogP) is 6.39.